The minimum Gasteiger partial charge on any atom is -0.507 e. The second kappa shape index (κ2) is 13.7. The van der Waals surface area contributed by atoms with Crippen LogP contribution in [-0.2, 0) is 20.1 Å². The summed E-state index contributed by atoms with van der Waals surface area (Å²) in [4.78, 5) is 16.6. The van der Waals surface area contributed by atoms with E-state index >= 15 is 0 Å². The molecule has 42 heavy (non-hydrogen) atoms. The summed E-state index contributed by atoms with van der Waals surface area (Å²) in [5.41, 5.74) is 5.71. The Morgan fingerprint density at radius 3 is 2.12 bits per heavy atom. The number of furan rings is 1. The van der Waals surface area contributed by atoms with Crippen LogP contribution in [0.15, 0.2) is 144 Å². The number of aliphatic hydroxyl groups excluding tert-OH is 1. The predicted molar refractivity (Wildman–Crippen MR) is 168 cm³/mol. The summed E-state index contributed by atoms with van der Waals surface area (Å²) in [5, 5.41) is 13.1. The maximum absolute atomic E-state index is 11.8. The van der Waals surface area contributed by atoms with Gasteiger partial charge in [0.15, 0.2) is 5.78 Å². The van der Waals surface area contributed by atoms with E-state index in [2.05, 4.69) is 24.3 Å². The first kappa shape index (κ1) is 30.1. The Hall–Kier alpha value is -4.83. The molecule has 0 unspecified atom stereocenters. The molecule has 7 rings (SSSR count). The van der Waals surface area contributed by atoms with Gasteiger partial charge in [-0.05, 0) is 23.2 Å². The second-order valence-electron chi connectivity index (χ2n) is 9.21. The van der Waals surface area contributed by atoms with Crippen LogP contribution in [0.25, 0.3) is 49.9 Å². The van der Waals surface area contributed by atoms with Crippen LogP contribution in [-0.4, -0.2) is 15.9 Å². The zero-order valence-electron chi connectivity index (χ0n) is 21.8. The van der Waals surface area contributed by atoms with Gasteiger partial charge in [0, 0.05) is 42.7 Å². The molecule has 0 saturated carbocycles. The van der Waals surface area contributed by atoms with Crippen molar-refractivity contribution in [2.45, 2.75) is 7.43 Å². The van der Waals surface area contributed by atoms with E-state index in [0.29, 0.717) is 11.1 Å². The number of carbonyl (C=O) groups is 1. The Labute approximate surface area is 258 Å². The molecule has 0 aliphatic rings. The summed E-state index contributed by atoms with van der Waals surface area (Å²) in [7, 11) is 0. The van der Waals surface area contributed by atoms with Gasteiger partial charge in [-0.1, -0.05) is 128 Å². The standard InChI is InChI=1S/C21H12NO.C15H12O2.CH4.Ir/c1-3-10-18-14(6-1)12-13-19(22-18)17-9-5-8-16-15-7-2-4-11-20(15)23-21(16)17;16-14(12-7-3-1-4-8-12)11-15(17)13-9-5-2-6-10-13;;/h1-8,10-13H;1-11,16H;1H4;/q-1;;;. The maximum atomic E-state index is 11.8. The van der Waals surface area contributed by atoms with Crippen molar-refractivity contribution in [2.24, 2.45) is 0 Å². The molecule has 4 nitrogen and oxygen atoms in total. The van der Waals surface area contributed by atoms with E-state index in [-0.39, 0.29) is 39.1 Å². The van der Waals surface area contributed by atoms with Crippen molar-refractivity contribution in [2.75, 3.05) is 0 Å². The van der Waals surface area contributed by atoms with E-state index in [1.165, 1.54) is 6.08 Å². The number of ketones is 1. The molecule has 0 atom stereocenters. The van der Waals surface area contributed by atoms with Crippen LogP contribution in [0.5, 0.6) is 0 Å². The zero-order valence-corrected chi connectivity index (χ0v) is 24.2. The molecule has 2 aromatic heterocycles. The molecule has 0 amide bonds. The van der Waals surface area contributed by atoms with Crippen molar-refractivity contribution in [3.63, 3.8) is 0 Å². The molecule has 5 aromatic carbocycles. The van der Waals surface area contributed by atoms with E-state index in [0.717, 1.165) is 44.1 Å². The number of nitrogens with zero attached hydrogens (tertiary/aromatic N) is 1. The monoisotopic (exact) mass is 727 g/mol. The van der Waals surface area contributed by atoms with Gasteiger partial charge in [-0.25, -0.2) is 0 Å². The fraction of sp³-hybridized carbons (Fsp3) is 0.0270. The van der Waals surface area contributed by atoms with Crippen LogP contribution in [0, 0.1) is 6.07 Å². The molecule has 1 N–H and O–H groups in total. The summed E-state index contributed by atoms with van der Waals surface area (Å²) < 4.78 is 6.08. The van der Waals surface area contributed by atoms with E-state index in [1.54, 1.807) is 36.4 Å². The van der Waals surface area contributed by atoms with E-state index in [4.69, 9.17) is 9.40 Å². The third-order valence-electron chi connectivity index (χ3n) is 6.59. The molecular formula is C37H28IrNO3-. The molecule has 0 aliphatic carbocycles. The van der Waals surface area contributed by atoms with Gasteiger partial charge >= 0.3 is 0 Å². The number of rotatable bonds is 4. The molecular weight excluding hydrogens is 699 g/mol. The van der Waals surface area contributed by atoms with E-state index in [1.807, 2.05) is 78.9 Å². The minimum absolute atomic E-state index is 0. The summed E-state index contributed by atoms with van der Waals surface area (Å²) in [6, 6.07) is 45.5. The number of para-hydroxylation sites is 2. The average molecular weight is 727 g/mol. The van der Waals surface area contributed by atoms with Crippen molar-refractivity contribution in [3.05, 3.63) is 157 Å². The number of benzene rings is 5. The molecule has 7 aromatic rings. The normalized spacial score (nSPS) is 10.8. The van der Waals surface area contributed by atoms with Crippen LogP contribution in [0.3, 0.4) is 0 Å². The number of pyridine rings is 1. The first-order chi connectivity index (χ1) is 19.7. The third-order valence-corrected chi connectivity index (χ3v) is 6.59. The molecule has 0 saturated heterocycles. The Balaban J connectivity index is 0.000000193. The van der Waals surface area contributed by atoms with Gasteiger partial charge in [0.25, 0.3) is 0 Å². The van der Waals surface area contributed by atoms with Gasteiger partial charge in [0.05, 0.1) is 11.1 Å². The fourth-order valence-corrected chi connectivity index (χ4v) is 4.59. The smallest absolute Gasteiger partial charge is 0.189 e. The first-order valence-corrected chi connectivity index (χ1v) is 12.9. The number of aromatic nitrogens is 1. The van der Waals surface area contributed by atoms with Gasteiger partial charge in [-0.3, -0.25) is 9.78 Å². The molecule has 0 aliphatic heterocycles. The molecule has 0 bridgehead atoms. The van der Waals surface area contributed by atoms with Crippen LogP contribution < -0.4 is 0 Å². The minimum atomic E-state index is -0.202. The second-order valence-corrected chi connectivity index (χ2v) is 9.21. The van der Waals surface area contributed by atoms with Crippen LogP contribution in [0.4, 0.5) is 0 Å². The quantitative estimate of drug-likeness (QED) is 0.0850. The van der Waals surface area contributed by atoms with Crippen molar-refractivity contribution < 1.29 is 34.4 Å². The van der Waals surface area contributed by atoms with Crippen molar-refractivity contribution in [1.29, 1.82) is 0 Å². The van der Waals surface area contributed by atoms with Gasteiger partial charge < -0.3 is 9.52 Å². The van der Waals surface area contributed by atoms with E-state index in [9.17, 15) is 9.90 Å². The number of fused-ring (bicyclic) bond motifs is 4. The van der Waals surface area contributed by atoms with Crippen LogP contribution in [0.2, 0.25) is 0 Å². The number of carbonyl (C=O) groups excluding carboxylic acids is 1. The Bertz CT molecular complexity index is 1980. The zero-order chi connectivity index (χ0) is 27.3. The van der Waals surface area contributed by atoms with Gasteiger partial charge in [0.1, 0.15) is 11.3 Å². The Morgan fingerprint density at radius 1 is 0.714 bits per heavy atom. The molecule has 2 heterocycles. The maximum Gasteiger partial charge on any atom is 0.189 e. The van der Waals surface area contributed by atoms with Crippen molar-refractivity contribution >= 4 is 44.4 Å². The van der Waals surface area contributed by atoms with Crippen molar-refractivity contribution in [3.8, 4) is 11.3 Å². The molecule has 0 spiro atoms. The molecule has 1 radical (unpaired) electrons. The number of hydrogen-bond acceptors (Lipinski definition) is 4. The number of allylic oxidation sites excluding steroid dienone is 1. The molecule has 5 heteroatoms. The summed E-state index contributed by atoms with van der Waals surface area (Å²) >= 11 is 0. The van der Waals surface area contributed by atoms with Gasteiger partial charge in [0.2, 0.25) is 0 Å². The first-order valence-electron chi connectivity index (χ1n) is 12.9. The average Bonchev–Trinajstić information content (AvgIpc) is 3.41. The molecule has 0 fully saturated rings. The predicted octanol–water partition coefficient (Wildman–Crippen LogP) is 9.70. The third kappa shape index (κ3) is 6.39. The van der Waals surface area contributed by atoms with Crippen molar-refractivity contribution in [1.82, 2.24) is 4.98 Å². The summed E-state index contributed by atoms with van der Waals surface area (Å²) in [6.45, 7) is 0. The van der Waals surface area contributed by atoms with Gasteiger partial charge in [-0.15, -0.1) is 18.2 Å². The largest absolute Gasteiger partial charge is 0.507 e. The van der Waals surface area contributed by atoms with Crippen LogP contribution in [0.1, 0.15) is 23.3 Å². The number of hydrogen-bond donors (Lipinski definition) is 1. The summed E-state index contributed by atoms with van der Waals surface area (Å²) in [6.07, 6.45) is 1.24. The Morgan fingerprint density at radius 2 is 1.36 bits per heavy atom. The Kier molecular flexibility index (Phi) is 9.82. The summed E-state index contributed by atoms with van der Waals surface area (Å²) in [5.74, 6) is -0.216. The molecule has 209 valence electrons. The van der Waals surface area contributed by atoms with Gasteiger partial charge in [-0.2, -0.15) is 0 Å². The van der Waals surface area contributed by atoms with Crippen LogP contribution >= 0.6 is 0 Å². The van der Waals surface area contributed by atoms with E-state index < -0.39 is 0 Å². The number of aliphatic hydroxyl groups is 1. The topological polar surface area (TPSA) is 63.3 Å². The fourth-order valence-electron chi connectivity index (χ4n) is 4.59. The SMILES string of the molecule is C.O=C(C=C(O)c1ccccc1)c1ccccc1.[Ir].[c-]1ccc2c(oc3ccccc32)c1-c1ccc2ccccc2n1.